The van der Waals surface area contributed by atoms with Gasteiger partial charge in [-0.15, -0.1) is 0 Å². The minimum Gasteiger partial charge on any atom is -0.507 e. The summed E-state index contributed by atoms with van der Waals surface area (Å²) >= 11 is 1.18. The van der Waals surface area contributed by atoms with E-state index in [2.05, 4.69) is 4.98 Å². The van der Waals surface area contributed by atoms with Gasteiger partial charge in [0.15, 0.2) is 5.13 Å². The lowest BCUT2D eigenvalue weighted by atomic mass is 9.95. The minimum absolute atomic E-state index is 0.0900. The van der Waals surface area contributed by atoms with E-state index in [9.17, 15) is 19.1 Å². The normalized spacial score (nSPS) is 17.5. The summed E-state index contributed by atoms with van der Waals surface area (Å²) in [4.78, 5) is 32.2. The number of ketones is 1. The standard InChI is InChI=1S/C26H19FN2O4S/c1-14-7-9-15(10-8-14)23(30)21-22(17-5-3-4-6-18(17)27)29(25(32)24(21)31)26-28-19-12-11-16(33-2)13-20(19)34-26/h3-13,22,30H,1-2H3. The monoisotopic (exact) mass is 474 g/mol. The number of hydrogen-bond donors (Lipinski definition) is 1. The molecular formula is C26H19FN2O4S. The van der Waals surface area contributed by atoms with Crippen molar-refractivity contribution in [2.24, 2.45) is 0 Å². The lowest BCUT2D eigenvalue weighted by Crippen LogP contribution is -2.29. The Balaban J connectivity index is 1.73. The van der Waals surface area contributed by atoms with Gasteiger partial charge in [0.25, 0.3) is 5.78 Å². The Bertz CT molecular complexity index is 1480. The fraction of sp³-hybridized carbons (Fsp3) is 0.115. The zero-order valence-corrected chi connectivity index (χ0v) is 19.1. The van der Waals surface area contributed by atoms with Crippen molar-refractivity contribution in [1.82, 2.24) is 4.98 Å². The highest BCUT2D eigenvalue weighted by Gasteiger charge is 2.49. The van der Waals surface area contributed by atoms with Gasteiger partial charge < -0.3 is 9.84 Å². The molecule has 0 spiro atoms. The summed E-state index contributed by atoms with van der Waals surface area (Å²) < 4.78 is 21.0. The second-order valence-corrected chi connectivity index (χ2v) is 8.90. The maximum atomic E-state index is 15.0. The number of fused-ring (bicyclic) bond motifs is 1. The van der Waals surface area contributed by atoms with E-state index in [1.165, 1.54) is 29.5 Å². The molecular weight excluding hydrogens is 455 g/mol. The molecule has 1 atom stereocenters. The smallest absolute Gasteiger partial charge is 0.301 e. The molecule has 34 heavy (non-hydrogen) atoms. The maximum absolute atomic E-state index is 15.0. The molecule has 0 bridgehead atoms. The van der Waals surface area contributed by atoms with E-state index in [4.69, 9.17) is 4.74 Å². The molecule has 5 rings (SSSR count). The number of rotatable bonds is 4. The number of Topliss-reactive ketones (excluding diaryl/α,β-unsaturated/α-hetero) is 1. The molecule has 1 fully saturated rings. The van der Waals surface area contributed by atoms with E-state index in [0.717, 1.165) is 15.2 Å². The van der Waals surface area contributed by atoms with Crippen LogP contribution in [0.25, 0.3) is 16.0 Å². The second-order valence-electron chi connectivity index (χ2n) is 7.89. The molecule has 8 heteroatoms. The number of aromatic nitrogens is 1. The van der Waals surface area contributed by atoms with Gasteiger partial charge in [-0.3, -0.25) is 14.5 Å². The first-order chi connectivity index (χ1) is 16.4. The van der Waals surface area contributed by atoms with E-state index in [1.54, 1.807) is 55.6 Å². The highest BCUT2D eigenvalue weighted by Crippen LogP contribution is 2.45. The van der Waals surface area contributed by atoms with Crippen LogP contribution in [-0.4, -0.2) is 28.9 Å². The molecule has 1 aromatic heterocycles. The number of thiazole rings is 1. The topological polar surface area (TPSA) is 79.7 Å². The number of methoxy groups -OCH3 is 1. The molecule has 1 saturated heterocycles. The molecule has 1 aliphatic rings. The van der Waals surface area contributed by atoms with Crippen molar-refractivity contribution in [3.8, 4) is 5.75 Å². The fourth-order valence-corrected chi connectivity index (χ4v) is 5.03. The van der Waals surface area contributed by atoms with Gasteiger partial charge in [-0.05, 0) is 31.2 Å². The van der Waals surface area contributed by atoms with Gasteiger partial charge in [0.05, 0.1) is 22.9 Å². The van der Waals surface area contributed by atoms with Crippen LogP contribution in [0.2, 0.25) is 0 Å². The van der Waals surface area contributed by atoms with Crippen LogP contribution in [0.1, 0.15) is 22.7 Å². The summed E-state index contributed by atoms with van der Waals surface area (Å²) in [6.45, 7) is 1.89. The zero-order chi connectivity index (χ0) is 24.0. The maximum Gasteiger partial charge on any atom is 0.301 e. The van der Waals surface area contributed by atoms with Gasteiger partial charge in [0, 0.05) is 11.1 Å². The SMILES string of the molecule is COc1ccc2nc(N3C(=O)C(=O)C(=C(O)c4ccc(C)cc4)C3c3ccccc3F)sc2c1. The number of aliphatic hydroxyl groups is 1. The Morgan fingerprint density at radius 1 is 1.09 bits per heavy atom. The van der Waals surface area contributed by atoms with E-state index >= 15 is 0 Å². The van der Waals surface area contributed by atoms with Crippen molar-refractivity contribution in [3.63, 3.8) is 0 Å². The average molecular weight is 475 g/mol. The summed E-state index contributed by atoms with van der Waals surface area (Å²) in [6, 6.07) is 16.9. The van der Waals surface area contributed by atoms with Crippen LogP contribution in [0.3, 0.4) is 0 Å². The molecule has 1 amide bonds. The molecule has 6 nitrogen and oxygen atoms in total. The largest absolute Gasteiger partial charge is 0.507 e. The molecule has 0 saturated carbocycles. The number of nitrogens with zero attached hydrogens (tertiary/aromatic N) is 2. The minimum atomic E-state index is -1.18. The summed E-state index contributed by atoms with van der Waals surface area (Å²) in [7, 11) is 1.55. The number of halogens is 1. The molecule has 1 N–H and O–H groups in total. The van der Waals surface area contributed by atoms with Crippen LogP contribution in [0.15, 0.2) is 72.3 Å². The van der Waals surface area contributed by atoms with E-state index in [-0.39, 0.29) is 22.0 Å². The van der Waals surface area contributed by atoms with Crippen LogP contribution >= 0.6 is 11.3 Å². The van der Waals surface area contributed by atoms with E-state index in [1.807, 2.05) is 6.92 Å². The van der Waals surface area contributed by atoms with E-state index in [0.29, 0.717) is 16.8 Å². The van der Waals surface area contributed by atoms with Gasteiger partial charge in [-0.1, -0.05) is 59.4 Å². The third kappa shape index (κ3) is 3.52. The predicted molar refractivity (Wildman–Crippen MR) is 129 cm³/mol. The van der Waals surface area contributed by atoms with E-state index < -0.39 is 23.5 Å². The van der Waals surface area contributed by atoms with Crippen molar-refractivity contribution in [1.29, 1.82) is 0 Å². The first-order valence-corrected chi connectivity index (χ1v) is 11.3. The van der Waals surface area contributed by atoms with Crippen molar-refractivity contribution in [2.75, 3.05) is 12.0 Å². The number of carbonyl (C=O) groups excluding carboxylic acids is 2. The van der Waals surface area contributed by atoms with Gasteiger partial charge in [0.1, 0.15) is 23.4 Å². The van der Waals surface area contributed by atoms with Crippen LogP contribution in [0.5, 0.6) is 5.75 Å². The Kier molecular flexibility index (Phi) is 5.37. The fourth-order valence-electron chi connectivity index (χ4n) is 4.01. The third-order valence-corrected chi connectivity index (χ3v) is 6.78. The zero-order valence-electron chi connectivity index (χ0n) is 18.3. The van der Waals surface area contributed by atoms with Gasteiger partial charge in [-0.25, -0.2) is 9.37 Å². The summed E-state index contributed by atoms with van der Waals surface area (Å²) in [5.74, 6) is -2.13. The Labute approximate surface area is 198 Å². The van der Waals surface area contributed by atoms with Gasteiger partial charge >= 0.3 is 5.91 Å². The van der Waals surface area contributed by atoms with Crippen LogP contribution in [-0.2, 0) is 9.59 Å². The molecule has 0 radical (unpaired) electrons. The van der Waals surface area contributed by atoms with Crippen molar-refractivity contribution >= 4 is 44.1 Å². The molecule has 170 valence electrons. The van der Waals surface area contributed by atoms with Crippen LogP contribution < -0.4 is 9.64 Å². The quantitative estimate of drug-likeness (QED) is 0.244. The van der Waals surface area contributed by atoms with Crippen LogP contribution in [0.4, 0.5) is 9.52 Å². The molecule has 4 aromatic rings. The van der Waals surface area contributed by atoms with Crippen molar-refractivity contribution < 1.29 is 23.8 Å². The lowest BCUT2D eigenvalue weighted by Gasteiger charge is -2.23. The predicted octanol–water partition coefficient (Wildman–Crippen LogP) is 5.38. The number of hydrogen-bond acceptors (Lipinski definition) is 6. The first kappa shape index (κ1) is 21.8. The summed E-state index contributed by atoms with van der Waals surface area (Å²) in [5.41, 5.74) is 1.84. The second kappa shape index (κ2) is 8.39. The highest BCUT2D eigenvalue weighted by atomic mass is 32.1. The Morgan fingerprint density at radius 2 is 1.82 bits per heavy atom. The van der Waals surface area contributed by atoms with Gasteiger partial charge in [-0.2, -0.15) is 0 Å². The number of carbonyl (C=O) groups is 2. The summed E-state index contributed by atoms with van der Waals surface area (Å²) in [5, 5.41) is 11.3. The number of anilines is 1. The lowest BCUT2D eigenvalue weighted by molar-refractivity contribution is -0.132. The molecule has 0 aliphatic carbocycles. The summed E-state index contributed by atoms with van der Waals surface area (Å²) in [6.07, 6.45) is 0. The average Bonchev–Trinajstić information content (AvgIpc) is 3.37. The molecule has 2 heterocycles. The first-order valence-electron chi connectivity index (χ1n) is 10.5. The number of amides is 1. The number of aryl methyl sites for hydroxylation is 1. The highest BCUT2D eigenvalue weighted by molar-refractivity contribution is 7.22. The van der Waals surface area contributed by atoms with Crippen molar-refractivity contribution in [2.45, 2.75) is 13.0 Å². The Morgan fingerprint density at radius 3 is 2.53 bits per heavy atom. The third-order valence-electron chi connectivity index (χ3n) is 5.76. The molecule has 1 unspecified atom stereocenters. The Hall–Kier alpha value is -4.04. The molecule has 3 aromatic carbocycles. The number of aliphatic hydroxyl groups excluding tert-OH is 1. The van der Waals surface area contributed by atoms with Gasteiger partial charge in [0.2, 0.25) is 0 Å². The number of ether oxygens (including phenoxy) is 1. The molecule has 1 aliphatic heterocycles. The van der Waals surface area contributed by atoms with Crippen LogP contribution in [0, 0.1) is 12.7 Å². The number of benzene rings is 3. The van der Waals surface area contributed by atoms with Crippen molar-refractivity contribution in [3.05, 3.63) is 94.8 Å².